The van der Waals surface area contributed by atoms with Gasteiger partial charge in [-0.1, -0.05) is 92.2 Å². The fourth-order valence-corrected chi connectivity index (χ4v) is 5.08. The van der Waals surface area contributed by atoms with Crippen LogP contribution in [0.3, 0.4) is 0 Å². The number of allylic oxidation sites excluding steroid dienone is 1. The molecule has 1 amide bonds. The predicted molar refractivity (Wildman–Crippen MR) is 170 cm³/mol. The standard InChI is InChI=1S/C20H36N2O2S.C7H14.C6H7N/c1-7-14(2)18(23)13-21-19(24)17(12-16-8-9-16)22-15(3)10-11-25-20(4,5)6;1-7-5-3-2-4-6-7;1-6-2-4-7-5-3-6/h7,14,16-18,22-23H,1,3,8-13H2,2,4-6H3,(H,21,24);7H,2-6H2,1H3;2-5H,1H3. The summed E-state index contributed by atoms with van der Waals surface area (Å²) in [6.07, 6.45) is 16.2. The third-order valence-corrected chi connectivity index (χ3v) is 8.38. The van der Waals surface area contributed by atoms with Gasteiger partial charge in [0.2, 0.25) is 5.91 Å². The van der Waals surface area contributed by atoms with Gasteiger partial charge in [0, 0.05) is 35.3 Å². The van der Waals surface area contributed by atoms with Gasteiger partial charge in [-0.2, -0.15) is 11.8 Å². The minimum atomic E-state index is -0.602. The molecule has 2 fully saturated rings. The highest BCUT2D eigenvalue weighted by molar-refractivity contribution is 8.00. The Kier molecular flexibility index (Phi) is 17.5. The van der Waals surface area contributed by atoms with Gasteiger partial charge in [-0.25, -0.2) is 0 Å². The van der Waals surface area contributed by atoms with Crippen molar-refractivity contribution in [3.05, 3.63) is 55.0 Å². The molecular formula is C33H57N3O2S. The van der Waals surface area contributed by atoms with E-state index < -0.39 is 6.10 Å². The molecule has 1 aromatic heterocycles. The summed E-state index contributed by atoms with van der Waals surface area (Å²) in [6, 6.07) is 3.69. The van der Waals surface area contributed by atoms with Crippen molar-refractivity contribution >= 4 is 17.7 Å². The molecule has 3 atom stereocenters. The van der Waals surface area contributed by atoms with E-state index in [1.807, 2.05) is 37.7 Å². The van der Waals surface area contributed by atoms with E-state index in [1.54, 1.807) is 18.5 Å². The van der Waals surface area contributed by atoms with Crippen molar-refractivity contribution in [1.29, 1.82) is 0 Å². The molecule has 3 rings (SSSR count). The first-order valence-electron chi connectivity index (χ1n) is 14.9. The Balaban J connectivity index is 0.000000434. The fraction of sp³-hybridized carbons (Fsp3) is 0.697. The molecule has 0 aromatic carbocycles. The van der Waals surface area contributed by atoms with Gasteiger partial charge >= 0.3 is 0 Å². The minimum Gasteiger partial charge on any atom is -0.391 e. The van der Waals surface area contributed by atoms with E-state index in [1.165, 1.54) is 50.5 Å². The van der Waals surface area contributed by atoms with Crippen LogP contribution in [0, 0.1) is 24.7 Å². The zero-order valence-corrected chi connectivity index (χ0v) is 26.5. The molecule has 5 nitrogen and oxygen atoms in total. The molecule has 0 radical (unpaired) electrons. The average Bonchev–Trinajstić information content (AvgIpc) is 3.71. The van der Waals surface area contributed by atoms with Crippen LogP contribution in [0.4, 0.5) is 0 Å². The Morgan fingerprint density at radius 2 is 1.79 bits per heavy atom. The lowest BCUT2D eigenvalue weighted by Crippen LogP contribution is -2.46. The number of pyridine rings is 1. The molecule has 3 N–H and O–H groups in total. The summed E-state index contributed by atoms with van der Waals surface area (Å²) in [4.78, 5) is 16.4. The molecule has 2 saturated carbocycles. The quantitative estimate of drug-likeness (QED) is 0.232. The fourth-order valence-electron chi connectivity index (χ4n) is 4.12. The third-order valence-electron chi connectivity index (χ3n) is 7.10. The molecule has 39 heavy (non-hydrogen) atoms. The highest BCUT2D eigenvalue weighted by atomic mass is 32.2. The summed E-state index contributed by atoms with van der Waals surface area (Å²) in [5.41, 5.74) is 2.17. The number of thioether (sulfide) groups is 1. The van der Waals surface area contributed by atoms with E-state index in [9.17, 15) is 9.90 Å². The second-order valence-corrected chi connectivity index (χ2v) is 14.3. The molecule has 2 aliphatic rings. The van der Waals surface area contributed by atoms with Crippen LogP contribution < -0.4 is 10.6 Å². The maximum Gasteiger partial charge on any atom is 0.242 e. The highest BCUT2D eigenvalue weighted by Gasteiger charge is 2.30. The van der Waals surface area contributed by atoms with Gasteiger partial charge < -0.3 is 15.7 Å². The molecule has 0 bridgehead atoms. The predicted octanol–water partition coefficient (Wildman–Crippen LogP) is 7.46. The number of carbonyl (C=O) groups is 1. The van der Waals surface area contributed by atoms with E-state index in [-0.39, 0.29) is 29.2 Å². The molecule has 6 heteroatoms. The van der Waals surface area contributed by atoms with E-state index in [2.05, 4.69) is 56.5 Å². The molecular weight excluding hydrogens is 502 g/mol. The lowest BCUT2D eigenvalue weighted by atomic mass is 9.91. The SMILES string of the molecule is C=CC(C)C(O)CNC(=O)C(CC1CC1)NC(=C)CCSC(C)(C)C.CC1CCCCC1.Cc1ccncc1. The number of amides is 1. The van der Waals surface area contributed by atoms with Gasteiger partial charge in [-0.05, 0) is 55.1 Å². The Morgan fingerprint density at radius 3 is 2.23 bits per heavy atom. The Bertz CT molecular complexity index is 814. The Hall–Kier alpha value is -1.79. The first-order chi connectivity index (χ1) is 18.4. The van der Waals surface area contributed by atoms with Crippen molar-refractivity contribution in [2.45, 2.75) is 116 Å². The number of aromatic nitrogens is 1. The van der Waals surface area contributed by atoms with Crippen LogP contribution >= 0.6 is 11.8 Å². The van der Waals surface area contributed by atoms with Crippen molar-refractivity contribution in [2.75, 3.05) is 12.3 Å². The van der Waals surface area contributed by atoms with Gasteiger partial charge in [0.15, 0.2) is 0 Å². The molecule has 1 heterocycles. The maximum absolute atomic E-state index is 12.5. The monoisotopic (exact) mass is 559 g/mol. The van der Waals surface area contributed by atoms with Crippen LogP contribution in [0.2, 0.25) is 0 Å². The summed E-state index contributed by atoms with van der Waals surface area (Å²) in [6.45, 7) is 20.9. The van der Waals surface area contributed by atoms with E-state index >= 15 is 0 Å². The number of aliphatic hydroxyl groups excluding tert-OH is 1. The second kappa shape index (κ2) is 19.3. The summed E-state index contributed by atoms with van der Waals surface area (Å²) >= 11 is 1.90. The van der Waals surface area contributed by atoms with Crippen LogP contribution in [0.15, 0.2) is 49.5 Å². The number of carbonyl (C=O) groups excluding carboxylic acids is 1. The molecule has 3 unspecified atom stereocenters. The maximum atomic E-state index is 12.5. The topological polar surface area (TPSA) is 74.2 Å². The molecule has 1 aromatic rings. The number of nitrogens with one attached hydrogen (secondary N) is 2. The van der Waals surface area contributed by atoms with Crippen molar-refractivity contribution in [2.24, 2.45) is 17.8 Å². The van der Waals surface area contributed by atoms with E-state index in [0.717, 1.165) is 30.2 Å². The largest absolute Gasteiger partial charge is 0.391 e. The molecule has 222 valence electrons. The Labute approximate surface area is 244 Å². The highest BCUT2D eigenvalue weighted by Crippen LogP contribution is 2.34. The zero-order valence-electron chi connectivity index (χ0n) is 25.7. The van der Waals surface area contributed by atoms with Crippen molar-refractivity contribution in [1.82, 2.24) is 15.6 Å². The molecule has 0 spiro atoms. The average molecular weight is 560 g/mol. The summed E-state index contributed by atoms with van der Waals surface area (Å²) in [5.74, 6) is 2.57. The number of aryl methyl sites for hydroxylation is 1. The summed E-state index contributed by atoms with van der Waals surface area (Å²) in [5, 5.41) is 16.2. The number of hydrogen-bond acceptors (Lipinski definition) is 5. The van der Waals surface area contributed by atoms with Gasteiger partial charge in [0.1, 0.15) is 6.04 Å². The zero-order chi connectivity index (χ0) is 29.3. The van der Waals surface area contributed by atoms with Crippen LogP contribution in [-0.4, -0.2) is 45.2 Å². The van der Waals surface area contributed by atoms with Gasteiger partial charge in [-0.15, -0.1) is 6.58 Å². The van der Waals surface area contributed by atoms with E-state index in [4.69, 9.17) is 0 Å². The summed E-state index contributed by atoms with van der Waals surface area (Å²) < 4.78 is 0.239. The lowest BCUT2D eigenvalue weighted by molar-refractivity contribution is -0.123. The van der Waals surface area contributed by atoms with Gasteiger partial charge in [-0.3, -0.25) is 9.78 Å². The second-order valence-electron chi connectivity index (χ2n) is 12.4. The molecule has 2 aliphatic carbocycles. The smallest absolute Gasteiger partial charge is 0.242 e. The van der Waals surface area contributed by atoms with Crippen molar-refractivity contribution < 1.29 is 9.90 Å². The number of aliphatic hydroxyl groups is 1. The van der Waals surface area contributed by atoms with Crippen molar-refractivity contribution in [3.8, 4) is 0 Å². The Morgan fingerprint density at radius 1 is 1.18 bits per heavy atom. The van der Waals surface area contributed by atoms with Crippen LogP contribution in [0.25, 0.3) is 0 Å². The number of hydrogen-bond donors (Lipinski definition) is 3. The molecule has 0 saturated heterocycles. The van der Waals surface area contributed by atoms with Crippen molar-refractivity contribution in [3.63, 3.8) is 0 Å². The third kappa shape index (κ3) is 19.0. The van der Waals surface area contributed by atoms with Gasteiger partial charge in [0.25, 0.3) is 0 Å². The number of rotatable bonds is 12. The lowest BCUT2D eigenvalue weighted by Gasteiger charge is -2.23. The first-order valence-corrected chi connectivity index (χ1v) is 15.9. The van der Waals surface area contributed by atoms with Crippen LogP contribution in [0.1, 0.15) is 98.0 Å². The molecule has 0 aliphatic heterocycles. The minimum absolute atomic E-state index is 0.0421. The van der Waals surface area contributed by atoms with Crippen LogP contribution in [0.5, 0.6) is 0 Å². The van der Waals surface area contributed by atoms with Gasteiger partial charge in [0.05, 0.1) is 6.10 Å². The van der Waals surface area contributed by atoms with E-state index in [0.29, 0.717) is 5.92 Å². The van der Waals surface area contributed by atoms with Crippen LogP contribution in [-0.2, 0) is 4.79 Å². The number of nitrogens with zero attached hydrogens (tertiary/aromatic N) is 1. The first kappa shape index (κ1) is 35.2. The normalized spacial score (nSPS) is 17.7. The summed E-state index contributed by atoms with van der Waals surface area (Å²) in [7, 11) is 0.